The highest BCUT2D eigenvalue weighted by Crippen LogP contribution is 2.29. The number of hydrogen-bond acceptors (Lipinski definition) is 6. The molecule has 1 N–H and O–H groups in total. The molecule has 1 atom stereocenters. The fourth-order valence-corrected chi connectivity index (χ4v) is 3.81. The van der Waals surface area contributed by atoms with Gasteiger partial charge in [-0.3, -0.25) is 14.5 Å². The average molecular weight is 388 g/mol. The summed E-state index contributed by atoms with van der Waals surface area (Å²) >= 11 is 1.32. The Labute approximate surface area is 162 Å². The lowest BCUT2D eigenvalue weighted by Crippen LogP contribution is -2.44. The number of rotatable bonds is 7. The van der Waals surface area contributed by atoms with Crippen LogP contribution >= 0.6 is 11.3 Å². The van der Waals surface area contributed by atoms with Crippen LogP contribution < -0.4 is 10.2 Å². The van der Waals surface area contributed by atoms with Gasteiger partial charge in [-0.2, -0.15) is 0 Å². The van der Waals surface area contributed by atoms with Crippen LogP contribution in [0.5, 0.6) is 0 Å². The van der Waals surface area contributed by atoms with Gasteiger partial charge in [0.2, 0.25) is 16.9 Å². The maximum atomic E-state index is 12.8. The molecule has 0 radical (unpaired) electrons. The maximum absolute atomic E-state index is 12.8. The smallest absolute Gasteiger partial charge is 0.229 e. The summed E-state index contributed by atoms with van der Waals surface area (Å²) in [5, 5.41) is 12.4. The molecule has 1 aromatic heterocycles. The molecule has 2 heterocycles. The quantitative estimate of drug-likeness (QED) is 0.788. The molecular formula is C19H24N4O3S. The van der Waals surface area contributed by atoms with E-state index >= 15 is 0 Å². The fraction of sp³-hybridized carbons (Fsp3) is 0.474. The van der Waals surface area contributed by atoms with E-state index in [9.17, 15) is 9.59 Å². The predicted octanol–water partition coefficient (Wildman–Crippen LogP) is 2.48. The van der Waals surface area contributed by atoms with Gasteiger partial charge in [-0.05, 0) is 26.3 Å². The first-order chi connectivity index (χ1) is 12.9. The van der Waals surface area contributed by atoms with Crippen LogP contribution in [0.15, 0.2) is 30.3 Å². The van der Waals surface area contributed by atoms with Crippen LogP contribution in [-0.2, 0) is 26.5 Å². The zero-order valence-corrected chi connectivity index (χ0v) is 16.6. The fourth-order valence-electron chi connectivity index (χ4n) is 3.01. The number of nitrogens with zero attached hydrogens (tertiary/aromatic N) is 3. The number of nitrogens with one attached hydrogen (secondary N) is 1. The number of benzene rings is 1. The summed E-state index contributed by atoms with van der Waals surface area (Å²) in [5.74, 6) is -0.634. The molecule has 144 valence electrons. The van der Waals surface area contributed by atoms with E-state index in [0.29, 0.717) is 24.9 Å². The minimum Gasteiger partial charge on any atom is -0.374 e. The second-order valence-corrected chi connectivity index (χ2v) is 8.04. The van der Waals surface area contributed by atoms with Crippen molar-refractivity contribution in [2.24, 2.45) is 5.92 Å². The van der Waals surface area contributed by atoms with E-state index in [2.05, 4.69) is 15.5 Å². The summed E-state index contributed by atoms with van der Waals surface area (Å²) in [6.45, 7) is 7.12. The Morgan fingerprint density at radius 1 is 1.33 bits per heavy atom. The summed E-state index contributed by atoms with van der Waals surface area (Å²) in [6, 6.07) is 9.79. The van der Waals surface area contributed by atoms with Gasteiger partial charge in [0.15, 0.2) is 0 Å². The van der Waals surface area contributed by atoms with Gasteiger partial charge in [0.1, 0.15) is 11.6 Å². The monoisotopic (exact) mass is 388 g/mol. The van der Waals surface area contributed by atoms with Crippen molar-refractivity contribution in [3.8, 4) is 0 Å². The van der Waals surface area contributed by atoms with Gasteiger partial charge in [0.25, 0.3) is 0 Å². The molecular weight excluding hydrogens is 364 g/mol. The third-order valence-corrected chi connectivity index (χ3v) is 5.46. The number of anilines is 1. The van der Waals surface area contributed by atoms with Crippen molar-refractivity contribution in [1.29, 1.82) is 0 Å². The van der Waals surface area contributed by atoms with E-state index in [1.165, 1.54) is 11.3 Å². The number of carbonyl (C=O) groups excluding carboxylic acids is 2. The highest BCUT2D eigenvalue weighted by atomic mass is 32.1. The van der Waals surface area contributed by atoms with Gasteiger partial charge >= 0.3 is 0 Å². The molecule has 2 amide bonds. The zero-order chi connectivity index (χ0) is 19.4. The minimum absolute atomic E-state index is 0.105. The normalized spacial score (nSPS) is 17.4. The van der Waals surface area contributed by atoms with Gasteiger partial charge < -0.3 is 10.1 Å². The van der Waals surface area contributed by atoms with E-state index in [1.807, 2.05) is 51.1 Å². The Balaban J connectivity index is 1.64. The number of carbonyl (C=O) groups is 2. The largest absolute Gasteiger partial charge is 0.374 e. The lowest BCUT2D eigenvalue weighted by atomic mass is 9.93. The average Bonchev–Trinajstić information content (AvgIpc) is 3.26. The molecule has 2 aromatic rings. The predicted molar refractivity (Wildman–Crippen MR) is 103 cm³/mol. The third-order valence-electron chi connectivity index (χ3n) is 4.54. The third kappa shape index (κ3) is 4.51. The van der Waals surface area contributed by atoms with Crippen molar-refractivity contribution in [3.05, 3.63) is 40.9 Å². The highest BCUT2D eigenvalue weighted by molar-refractivity contribution is 7.15. The summed E-state index contributed by atoms with van der Waals surface area (Å²) in [4.78, 5) is 26.7. The second-order valence-electron chi connectivity index (χ2n) is 7.00. The zero-order valence-electron chi connectivity index (χ0n) is 15.8. The van der Waals surface area contributed by atoms with Gasteiger partial charge in [-0.1, -0.05) is 41.7 Å². The first-order valence-electron chi connectivity index (χ1n) is 8.98. The first-order valence-corrected chi connectivity index (χ1v) is 9.80. The van der Waals surface area contributed by atoms with Crippen LogP contribution in [0.3, 0.4) is 0 Å². The summed E-state index contributed by atoms with van der Waals surface area (Å²) in [5.41, 5.74) is 0.506. The summed E-state index contributed by atoms with van der Waals surface area (Å²) < 4.78 is 5.32. The van der Waals surface area contributed by atoms with E-state index in [4.69, 9.17) is 4.74 Å². The Kier molecular flexibility index (Phi) is 5.86. The molecule has 7 nitrogen and oxygen atoms in total. The van der Waals surface area contributed by atoms with Gasteiger partial charge in [-0.15, -0.1) is 10.2 Å². The topological polar surface area (TPSA) is 84.4 Å². The lowest BCUT2D eigenvalue weighted by molar-refractivity contribution is -0.127. The molecule has 0 bridgehead atoms. The van der Waals surface area contributed by atoms with Crippen molar-refractivity contribution in [3.63, 3.8) is 0 Å². The van der Waals surface area contributed by atoms with E-state index < -0.39 is 11.5 Å². The Hall–Kier alpha value is -2.32. The minimum atomic E-state index is -0.512. The Bertz CT molecular complexity index is 806. The molecule has 1 aliphatic rings. The van der Waals surface area contributed by atoms with Crippen molar-refractivity contribution >= 4 is 28.3 Å². The first kappa shape index (κ1) is 19.4. The maximum Gasteiger partial charge on any atom is 0.229 e. The number of amides is 2. The molecule has 1 saturated heterocycles. The van der Waals surface area contributed by atoms with Gasteiger partial charge in [-0.25, -0.2) is 0 Å². The molecule has 1 aromatic carbocycles. The lowest BCUT2D eigenvalue weighted by Gasteiger charge is -2.28. The van der Waals surface area contributed by atoms with Crippen LogP contribution in [0.25, 0.3) is 0 Å². The van der Waals surface area contributed by atoms with E-state index in [-0.39, 0.29) is 18.2 Å². The van der Waals surface area contributed by atoms with Crippen molar-refractivity contribution < 1.29 is 14.3 Å². The Morgan fingerprint density at radius 2 is 2.07 bits per heavy atom. The molecule has 0 spiro atoms. The SMILES string of the molecule is CCOCc1nnc(N2CC(C(=O)NC(C)(C)c3ccccc3)CC2=O)s1. The van der Waals surface area contributed by atoms with Gasteiger partial charge in [0, 0.05) is 19.6 Å². The van der Waals surface area contributed by atoms with E-state index in [1.54, 1.807) is 4.90 Å². The summed E-state index contributed by atoms with van der Waals surface area (Å²) in [6.07, 6.45) is 0.178. The summed E-state index contributed by atoms with van der Waals surface area (Å²) in [7, 11) is 0. The number of ether oxygens (including phenoxy) is 1. The molecule has 1 fully saturated rings. The van der Waals surface area contributed by atoms with Gasteiger partial charge in [0.05, 0.1) is 11.5 Å². The van der Waals surface area contributed by atoms with Crippen LogP contribution in [0.2, 0.25) is 0 Å². The van der Waals surface area contributed by atoms with Crippen LogP contribution in [0.4, 0.5) is 5.13 Å². The van der Waals surface area contributed by atoms with E-state index in [0.717, 1.165) is 10.6 Å². The number of hydrogen-bond donors (Lipinski definition) is 1. The highest BCUT2D eigenvalue weighted by Gasteiger charge is 2.38. The molecule has 8 heteroatoms. The molecule has 1 unspecified atom stereocenters. The van der Waals surface area contributed by atoms with Crippen molar-refractivity contribution in [2.45, 2.75) is 39.3 Å². The van der Waals surface area contributed by atoms with Crippen LogP contribution in [0, 0.1) is 5.92 Å². The standard InChI is InChI=1S/C19H24N4O3S/c1-4-26-12-15-21-22-18(27-15)23-11-13(10-16(23)24)17(25)20-19(2,3)14-8-6-5-7-9-14/h5-9,13H,4,10-12H2,1-3H3,(H,20,25). The molecule has 0 aliphatic carbocycles. The Morgan fingerprint density at radius 3 is 2.78 bits per heavy atom. The molecule has 0 saturated carbocycles. The molecule has 3 rings (SSSR count). The number of aromatic nitrogens is 2. The second kappa shape index (κ2) is 8.14. The van der Waals surface area contributed by atoms with Crippen LogP contribution in [0.1, 0.15) is 37.8 Å². The van der Waals surface area contributed by atoms with Crippen LogP contribution in [-0.4, -0.2) is 35.2 Å². The molecule has 27 heavy (non-hydrogen) atoms. The van der Waals surface area contributed by atoms with Crippen molar-refractivity contribution in [1.82, 2.24) is 15.5 Å². The van der Waals surface area contributed by atoms with Crippen molar-refractivity contribution in [2.75, 3.05) is 18.1 Å². The molecule has 1 aliphatic heterocycles.